The van der Waals surface area contributed by atoms with Crippen LogP contribution in [-0.2, 0) is 20.9 Å². The molecule has 9 heterocycles. The standard InChI is InChI=1S/C57H64F3N13O7S2/c1-32(2)49(56(77)72-30-41(74)22-46(72)55(76)66-33(3)36-5-7-37(8-6-36)53-34(4)65-31-81-53)47-23-48(67-80-47)69-19-17-68(18-20-69)28-35-11-14-70(15-12-35)57-63-25-39(26-64-57)38-21-42-43(27-62-54(42)61-24-38)52(75)50-44(59)9-10-45(51(50)60)73(82(78)79)71-16-13-40(58)29-71/h5-10,21,23-27,31-33,35,40-41,46,49,74H,11-20,22,28-30H2,1-4H3,(H,61,62)(H,66,76)(H,78,79)/t33-,40+,41+,46-,49+/m0/s1. The number of alkyl halides is 1. The zero-order chi connectivity index (χ0) is 57.5. The highest BCUT2D eigenvalue weighted by Crippen LogP contribution is 2.36. The molecule has 2 aromatic carbocycles. The molecule has 4 saturated heterocycles. The third-order valence-electron chi connectivity index (χ3n) is 16.3. The van der Waals surface area contributed by atoms with Crippen LogP contribution >= 0.6 is 11.3 Å². The average molecular weight is 1160 g/mol. The molecule has 432 valence electrons. The van der Waals surface area contributed by atoms with Gasteiger partial charge in [-0.15, -0.1) is 11.3 Å². The highest BCUT2D eigenvalue weighted by atomic mass is 32.2. The number of benzene rings is 2. The Bertz CT molecular complexity index is 3480. The number of H-pyrrole nitrogens is 1. The number of carbonyl (C=O) groups excluding carboxylic acids is 3. The second-order valence-electron chi connectivity index (χ2n) is 22.0. The van der Waals surface area contributed by atoms with E-state index in [0.29, 0.717) is 39.0 Å². The van der Waals surface area contributed by atoms with E-state index in [1.807, 2.05) is 63.5 Å². The Hall–Kier alpha value is -7.16. The Morgan fingerprint density at radius 3 is 2.29 bits per heavy atom. The number of fused-ring (bicyclic) bond motifs is 1. The van der Waals surface area contributed by atoms with Gasteiger partial charge in [-0.3, -0.25) is 23.8 Å². The van der Waals surface area contributed by atoms with Crippen LogP contribution in [0, 0.1) is 30.4 Å². The Balaban J connectivity index is 0.663. The lowest BCUT2D eigenvalue weighted by Gasteiger charge is -2.38. The Morgan fingerprint density at radius 2 is 1.62 bits per heavy atom. The molecule has 0 spiro atoms. The predicted molar refractivity (Wildman–Crippen MR) is 304 cm³/mol. The van der Waals surface area contributed by atoms with E-state index >= 15 is 8.78 Å². The molecular formula is C57H64F3N13O7S2. The number of hydrazine groups is 1. The summed E-state index contributed by atoms with van der Waals surface area (Å²) in [4.78, 5) is 72.6. The van der Waals surface area contributed by atoms with Crippen LogP contribution in [-0.4, -0.2) is 160 Å². The second kappa shape index (κ2) is 24.0. The minimum absolute atomic E-state index is 0.0196. The first kappa shape index (κ1) is 56.7. The molecule has 7 aromatic rings. The maximum absolute atomic E-state index is 16.1. The van der Waals surface area contributed by atoms with E-state index in [4.69, 9.17) is 4.52 Å². The molecule has 4 fully saturated rings. The predicted octanol–water partition coefficient (Wildman–Crippen LogP) is 7.47. The van der Waals surface area contributed by atoms with Crippen molar-refractivity contribution in [2.75, 3.05) is 79.7 Å². The van der Waals surface area contributed by atoms with Gasteiger partial charge in [-0.2, -0.15) is 4.41 Å². The van der Waals surface area contributed by atoms with E-state index in [9.17, 15) is 32.6 Å². The number of hydrogen-bond donors (Lipinski definition) is 4. The number of rotatable bonds is 17. The van der Waals surface area contributed by atoms with Crippen LogP contribution in [0.5, 0.6) is 0 Å². The zero-order valence-electron chi connectivity index (χ0n) is 45.8. The topological polar surface area (TPSA) is 234 Å². The number of β-amino-alcohol motifs (C(OH)–C–C–N with tert-alkyl or cyclic N) is 1. The van der Waals surface area contributed by atoms with Crippen molar-refractivity contribution in [1.29, 1.82) is 0 Å². The lowest BCUT2D eigenvalue weighted by Crippen LogP contribution is -2.49. The smallest absolute Gasteiger partial charge is 0.277 e. The van der Waals surface area contributed by atoms with Crippen LogP contribution in [0.2, 0.25) is 0 Å². The summed E-state index contributed by atoms with van der Waals surface area (Å²) < 4.78 is 74.4. The first-order valence-electron chi connectivity index (χ1n) is 27.6. The molecule has 0 radical (unpaired) electrons. The summed E-state index contributed by atoms with van der Waals surface area (Å²) in [6.45, 7) is 13.1. The van der Waals surface area contributed by atoms with E-state index in [1.54, 1.807) is 36.0 Å². The zero-order valence-corrected chi connectivity index (χ0v) is 47.4. The minimum Gasteiger partial charge on any atom is -0.391 e. The van der Waals surface area contributed by atoms with Crippen molar-refractivity contribution in [2.24, 2.45) is 11.8 Å². The number of aliphatic hydroxyl groups is 1. The molecule has 6 atom stereocenters. The third-order valence-corrected chi connectivity index (χ3v) is 18.0. The quantitative estimate of drug-likeness (QED) is 0.0512. The number of nitrogens with one attached hydrogen (secondary N) is 2. The lowest BCUT2D eigenvalue weighted by molar-refractivity contribution is -0.141. The van der Waals surface area contributed by atoms with Crippen molar-refractivity contribution in [3.05, 3.63) is 119 Å². The van der Waals surface area contributed by atoms with Gasteiger partial charge in [0.15, 0.2) is 17.4 Å². The number of nitrogens with zero attached hydrogens (tertiary/aromatic N) is 11. The molecule has 0 bridgehead atoms. The van der Waals surface area contributed by atoms with E-state index in [-0.39, 0.29) is 72.8 Å². The van der Waals surface area contributed by atoms with Gasteiger partial charge in [0.1, 0.15) is 35.3 Å². The number of aliphatic hydroxyl groups excluding tert-OH is 1. The molecule has 20 nitrogen and oxygen atoms in total. The summed E-state index contributed by atoms with van der Waals surface area (Å²) in [7, 11) is 0. The Morgan fingerprint density at radius 1 is 0.890 bits per heavy atom. The van der Waals surface area contributed by atoms with E-state index in [0.717, 1.165) is 97.5 Å². The maximum Gasteiger partial charge on any atom is 0.277 e. The second-order valence-corrected chi connectivity index (χ2v) is 23.7. The van der Waals surface area contributed by atoms with Gasteiger partial charge in [-0.25, -0.2) is 42.3 Å². The van der Waals surface area contributed by atoms with Gasteiger partial charge < -0.3 is 34.6 Å². The number of aromatic nitrogens is 6. The molecule has 4 N–H and O–H groups in total. The molecule has 25 heteroatoms. The summed E-state index contributed by atoms with van der Waals surface area (Å²) >= 11 is -1.26. The number of pyridine rings is 1. The molecule has 2 amide bonds. The number of piperazine rings is 1. The molecule has 5 aromatic heterocycles. The summed E-state index contributed by atoms with van der Waals surface area (Å²) in [5, 5.41) is 19.7. The molecule has 11 rings (SSSR count). The fraction of sp³-hybridized carbons (Fsp3) is 0.439. The molecule has 1 unspecified atom stereocenters. The van der Waals surface area contributed by atoms with E-state index in [2.05, 4.69) is 50.1 Å². The highest BCUT2D eigenvalue weighted by molar-refractivity contribution is 7.80. The van der Waals surface area contributed by atoms with Gasteiger partial charge in [-0.05, 0) is 74.3 Å². The van der Waals surface area contributed by atoms with E-state index in [1.165, 1.54) is 11.1 Å². The van der Waals surface area contributed by atoms with Crippen molar-refractivity contribution in [2.45, 2.75) is 83.7 Å². The first-order chi connectivity index (χ1) is 39.5. The van der Waals surface area contributed by atoms with Crippen molar-refractivity contribution in [3.8, 4) is 21.6 Å². The number of amides is 2. The van der Waals surface area contributed by atoms with Gasteiger partial charge in [0.05, 0.1) is 40.3 Å². The van der Waals surface area contributed by atoms with Crippen LogP contribution < -0.4 is 19.5 Å². The number of hydrogen-bond acceptors (Lipinski definition) is 16. The number of halogens is 3. The number of likely N-dealkylation sites (tertiary alicyclic amines) is 1. The van der Waals surface area contributed by atoms with Crippen molar-refractivity contribution >= 4 is 68.7 Å². The number of ketones is 1. The summed E-state index contributed by atoms with van der Waals surface area (Å²) in [5.74, 6) is -2.92. The number of thiazole rings is 1. The summed E-state index contributed by atoms with van der Waals surface area (Å²) in [6.07, 6.45) is 6.15. The van der Waals surface area contributed by atoms with Crippen molar-refractivity contribution in [1.82, 2.24) is 50.2 Å². The van der Waals surface area contributed by atoms with Crippen molar-refractivity contribution in [3.63, 3.8) is 0 Å². The summed E-state index contributed by atoms with van der Waals surface area (Å²) in [5.41, 5.74) is 4.65. The number of carbonyl (C=O) groups is 3. The monoisotopic (exact) mass is 1160 g/mol. The lowest BCUT2D eigenvalue weighted by atomic mass is 9.91. The van der Waals surface area contributed by atoms with Crippen molar-refractivity contribution < 1.29 is 45.9 Å². The largest absolute Gasteiger partial charge is 0.391 e. The van der Waals surface area contributed by atoms with Crippen LogP contribution in [0.25, 0.3) is 32.6 Å². The van der Waals surface area contributed by atoms with Gasteiger partial charge in [0.2, 0.25) is 23.5 Å². The number of piperidine rings is 1. The highest BCUT2D eigenvalue weighted by Gasteiger charge is 2.44. The van der Waals surface area contributed by atoms with Crippen LogP contribution in [0.4, 0.5) is 30.6 Å². The van der Waals surface area contributed by atoms with Gasteiger partial charge in [0, 0.05) is 118 Å². The molecule has 4 aliphatic heterocycles. The Kier molecular flexibility index (Phi) is 16.6. The fourth-order valence-corrected chi connectivity index (χ4v) is 13.2. The molecule has 82 heavy (non-hydrogen) atoms. The van der Waals surface area contributed by atoms with Gasteiger partial charge in [-0.1, -0.05) is 43.3 Å². The fourth-order valence-electron chi connectivity index (χ4n) is 11.7. The average Bonchev–Trinajstić information content (AvgIpc) is 4.46. The normalized spacial score (nSPS) is 20.5. The van der Waals surface area contributed by atoms with Gasteiger partial charge in [0.25, 0.3) is 11.3 Å². The molecular weight excluding hydrogens is 1100 g/mol. The van der Waals surface area contributed by atoms with Crippen LogP contribution in [0.1, 0.15) is 91.4 Å². The molecule has 0 aliphatic carbocycles. The third kappa shape index (κ3) is 11.6. The van der Waals surface area contributed by atoms with Crippen LogP contribution in [0.3, 0.4) is 0 Å². The van der Waals surface area contributed by atoms with E-state index < -0.39 is 64.2 Å². The SMILES string of the molecule is Cc1ncsc1-c1ccc([C@H](C)NC(=O)[C@@H]2C[C@@H](O)CN2C(=O)[C@@H](c2cc(N3CCN(CC4CCN(c5ncc(-c6cnc7[nH]cc(C(=O)c8c(F)ccc(N(N9CC[C@@H](F)C9)S(=O)O)c8F)c7c6)cn5)CC4)CC3)no2)C(C)C)cc1. The van der Waals surface area contributed by atoms with Crippen LogP contribution in [0.15, 0.2) is 83.4 Å². The number of aromatic amines is 1. The molecule has 0 saturated carbocycles. The van der Waals surface area contributed by atoms with Gasteiger partial charge >= 0.3 is 0 Å². The first-order valence-corrected chi connectivity index (χ1v) is 29.5. The Labute approximate surface area is 478 Å². The maximum atomic E-state index is 16.1. The summed E-state index contributed by atoms with van der Waals surface area (Å²) in [6, 6.07) is 12.1. The molecule has 4 aliphatic rings. The number of aryl methyl sites for hydroxylation is 1. The minimum atomic E-state index is -2.84. The number of anilines is 3.